The quantitative estimate of drug-likeness (QED) is 0.822. The Morgan fingerprint density at radius 2 is 1.92 bits per heavy atom. The van der Waals surface area contributed by atoms with Crippen LogP contribution in [0.1, 0.15) is 29.0 Å². The molecule has 1 amide bonds. The summed E-state index contributed by atoms with van der Waals surface area (Å²) in [5.41, 5.74) is 0.242. The van der Waals surface area contributed by atoms with Gasteiger partial charge in [-0.15, -0.1) is 0 Å². The molecule has 1 aromatic heterocycles. The lowest BCUT2D eigenvalue weighted by Crippen LogP contribution is -2.46. The van der Waals surface area contributed by atoms with Gasteiger partial charge in [-0.3, -0.25) is 9.59 Å². The van der Waals surface area contributed by atoms with Gasteiger partial charge in [0, 0.05) is 24.8 Å². The number of aryl methyl sites for hydroxylation is 1. The van der Waals surface area contributed by atoms with E-state index in [1.165, 1.54) is 10.7 Å². The monoisotopic (exact) mass is 365 g/mol. The Bertz CT molecular complexity index is 862. The Balaban J connectivity index is 1.94. The number of likely N-dealkylation sites (tertiary alicyclic amines) is 1. The van der Waals surface area contributed by atoms with E-state index in [4.69, 9.17) is 0 Å². The Kier molecular flexibility index (Phi) is 4.84. The van der Waals surface area contributed by atoms with Crippen LogP contribution in [-0.4, -0.2) is 39.9 Å². The fraction of sp³-hybridized carbons (Fsp3) is 0.389. The number of para-hydroxylation sites is 1. The van der Waals surface area contributed by atoms with Gasteiger partial charge in [0.1, 0.15) is 0 Å². The molecule has 8 heteroatoms. The largest absolute Gasteiger partial charge is 0.393 e. The predicted molar refractivity (Wildman–Crippen MR) is 89.3 cm³/mol. The maximum Gasteiger partial charge on any atom is 0.393 e. The zero-order valence-electron chi connectivity index (χ0n) is 14.2. The fourth-order valence-corrected chi connectivity index (χ4v) is 3.10. The third kappa shape index (κ3) is 3.63. The van der Waals surface area contributed by atoms with Crippen LogP contribution in [0.3, 0.4) is 0 Å². The number of aromatic nitrogens is 2. The number of hydrogen-bond acceptors (Lipinski definition) is 3. The molecule has 5 nitrogen and oxygen atoms in total. The standard InChI is InChI=1S/C18H18F3N3O2/c1-12-10-15(25)16(22-24(12)14-7-3-2-4-8-14)17(26)23-9-5-6-13(11-23)18(19,20)21/h2-4,7-8,10,13H,5-6,9,11H2,1H3. The number of hydrogen-bond donors (Lipinski definition) is 0. The average Bonchev–Trinajstić information content (AvgIpc) is 2.61. The van der Waals surface area contributed by atoms with E-state index in [9.17, 15) is 22.8 Å². The summed E-state index contributed by atoms with van der Waals surface area (Å²) in [7, 11) is 0. The first kappa shape index (κ1) is 18.2. The van der Waals surface area contributed by atoms with Gasteiger partial charge in [-0.2, -0.15) is 18.3 Å². The van der Waals surface area contributed by atoms with Crippen molar-refractivity contribution in [2.75, 3.05) is 13.1 Å². The van der Waals surface area contributed by atoms with Crippen molar-refractivity contribution in [3.8, 4) is 5.69 Å². The van der Waals surface area contributed by atoms with Crippen molar-refractivity contribution in [1.82, 2.24) is 14.7 Å². The van der Waals surface area contributed by atoms with Gasteiger partial charge >= 0.3 is 6.18 Å². The first-order valence-electron chi connectivity index (χ1n) is 8.30. The zero-order valence-corrected chi connectivity index (χ0v) is 14.2. The van der Waals surface area contributed by atoms with Crippen LogP contribution in [0.25, 0.3) is 5.69 Å². The van der Waals surface area contributed by atoms with E-state index in [2.05, 4.69) is 5.10 Å². The molecule has 1 aromatic carbocycles. The highest BCUT2D eigenvalue weighted by Gasteiger charge is 2.43. The van der Waals surface area contributed by atoms with Crippen molar-refractivity contribution in [1.29, 1.82) is 0 Å². The predicted octanol–water partition coefficient (Wildman–Crippen LogP) is 2.96. The molecule has 1 aliphatic rings. The van der Waals surface area contributed by atoms with Crippen LogP contribution in [0.5, 0.6) is 0 Å². The van der Waals surface area contributed by atoms with Crippen LogP contribution in [0.15, 0.2) is 41.2 Å². The van der Waals surface area contributed by atoms with Crippen LogP contribution in [0, 0.1) is 12.8 Å². The average molecular weight is 365 g/mol. The normalized spacial score (nSPS) is 18.0. The summed E-state index contributed by atoms with van der Waals surface area (Å²) < 4.78 is 40.4. The highest BCUT2D eigenvalue weighted by Crippen LogP contribution is 2.33. The summed E-state index contributed by atoms with van der Waals surface area (Å²) in [6.45, 7) is 1.42. The summed E-state index contributed by atoms with van der Waals surface area (Å²) in [5.74, 6) is -2.32. The highest BCUT2D eigenvalue weighted by atomic mass is 19.4. The summed E-state index contributed by atoms with van der Waals surface area (Å²) in [4.78, 5) is 26.0. The molecule has 1 unspecified atom stereocenters. The van der Waals surface area contributed by atoms with Crippen molar-refractivity contribution in [3.05, 3.63) is 58.0 Å². The highest BCUT2D eigenvalue weighted by molar-refractivity contribution is 5.92. The molecule has 0 aliphatic carbocycles. The SMILES string of the molecule is Cc1cc(=O)c(C(=O)N2CCCC(C(F)(F)F)C2)nn1-c1ccccc1. The molecule has 138 valence electrons. The molecule has 1 fully saturated rings. The molecule has 0 saturated carbocycles. The molecule has 0 radical (unpaired) electrons. The summed E-state index contributed by atoms with van der Waals surface area (Å²) >= 11 is 0. The van der Waals surface area contributed by atoms with E-state index in [0.29, 0.717) is 11.4 Å². The Morgan fingerprint density at radius 3 is 2.58 bits per heavy atom. The van der Waals surface area contributed by atoms with Crippen LogP contribution in [0.2, 0.25) is 0 Å². The molecule has 0 spiro atoms. The van der Waals surface area contributed by atoms with Crippen molar-refractivity contribution in [2.24, 2.45) is 5.92 Å². The van der Waals surface area contributed by atoms with Gasteiger partial charge in [-0.25, -0.2) is 4.68 Å². The molecular weight excluding hydrogens is 347 g/mol. The Labute approximate surface area is 148 Å². The fourth-order valence-electron chi connectivity index (χ4n) is 3.10. The second-order valence-corrected chi connectivity index (χ2v) is 6.38. The minimum absolute atomic E-state index is 0.0111. The lowest BCUT2D eigenvalue weighted by atomic mass is 9.97. The third-order valence-electron chi connectivity index (χ3n) is 4.48. The number of piperidine rings is 1. The van der Waals surface area contributed by atoms with Crippen LogP contribution in [-0.2, 0) is 0 Å². The van der Waals surface area contributed by atoms with E-state index < -0.39 is 30.0 Å². The molecule has 1 atom stereocenters. The first-order chi connectivity index (χ1) is 12.3. The molecule has 26 heavy (non-hydrogen) atoms. The van der Waals surface area contributed by atoms with Crippen LogP contribution in [0.4, 0.5) is 13.2 Å². The van der Waals surface area contributed by atoms with E-state index >= 15 is 0 Å². The Morgan fingerprint density at radius 1 is 1.23 bits per heavy atom. The molecule has 3 rings (SSSR count). The number of nitrogens with zero attached hydrogens (tertiary/aromatic N) is 3. The third-order valence-corrected chi connectivity index (χ3v) is 4.48. The van der Waals surface area contributed by atoms with Gasteiger partial charge in [0.25, 0.3) is 5.91 Å². The van der Waals surface area contributed by atoms with Crippen molar-refractivity contribution in [3.63, 3.8) is 0 Å². The van der Waals surface area contributed by atoms with Crippen LogP contribution < -0.4 is 5.43 Å². The smallest absolute Gasteiger partial charge is 0.337 e. The van der Waals surface area contributed by atoms with E-state index in [0.717, 1.165) is 4.90 Å². The van der Waals surface area contributed by atoms with Gasteiger partial charge in [-0.1, -0.05) is 18.2 Å². The van der Waals surface area contributed by atoms with Crippen molar-refractivity contribution in [2.45, 2.75) is 25.9 Å². The lowest BCUT2D eigenvalue weighted by molar-refractivity contribution is -0.184. The molecular formula is C18H18F3N3O2. The molecule has 1 aliphatic heterocycles. The summed E-state index contributed by atoms with van der Waals surface area (Å²) in [6.07, 6.45) is -4.12. The van der Waals surface area contributed by atoms with Gasteiger partial charge in [0.15, 0.2) is 5.69 Å². The number of halogens is 3. The number of alkyl halides is 3. The maximum absolute atomic E-state index is 13.0. The minimum atomic E-state index is -4.36. The molecule has 2 aromatic rings. The van der Waals surface area contributed by atoms with E-state index in [1.807, 2.05) is 6.07 Å². The van der Waals surface area contributed by atoms with Crippen LogP contribution >= 0.6 is 0 Å². The number of amides is 1. The summed E-state index contributed by atoms with van der Waals surface area (Å²) in [5, 5.41) is 4.14. The number of rotatable bonds is 2. The van der Waals surface area contributed by atoms with Crippen molar-refractivity contribution >= 4 is 5.91 Å². The maximum atomic E-state index is 13.0. The number of carbonyl (C=O) groups is 1. The van der Waals surface area contributed by atoms with Gasteiger partial charge in [0.05, 0.1) is 11.6 Å². The van der Waals surface area contributed by atoms with Gasteiger partial charge < -0.3 is 4.90 Å². The number of carbonyl (C=O) groups excluding carboxylic acids is 1. The number of benzene rings is 1. The van der Waals surface area contributed by atoms with Gasteiger partial charge in [0.2, 0.25) is 5.43 Å². The minimum Gasteiger partial charge on any atom is -0.337 e. The van der Waals surface area contributed by atoms with E-state index in [1.54, 1.807) is 31.2 Å². The van der Waals surface area contributed by atoms with E-state index in [-0.39, 0.29) is 25.1 Å². The van der Waals surface area contributed by atoms with Gasteiger partial charge in [-0.05, 0) is 31.9 Å². The Hall–Kier alpha value is -2.64. The molecule has 1 saturated heterocycles. The first-order valence-corrected chi connectivity index (χ1v) is 8.30. The molecule has 0 N–H and O–H groups in total. The second kappa shape index (κ2) is 6.93. The van der Waals surface area contributed by atoms with Crippen molar-refractivity contribution < 1.29 is 18.0 Å². The molecule has 2 heterocycles. The zero-order chi connectivity index (χ0) is 18.9. The second-order valence-electron chi connectivity index (χ2n) is 6.38. The summed E-state index contributed by atoms with van der Waals surface area (Å²) in [6, 6.07) is 10.2. The topological polar surface area (TPSA) is 55.2 Å². The molecule has 0 bridgehead atoms. The lowest BCUT2D eigenvalue weighted by Gasteiger charge is -2.33.